The van der Waals surface area contributed by atoms with Crippen LogP contribution in [0.3, 0.4) is 0 Å². The molecule has 1 heterocycles. The van der Waals surface area contributed by atoms with Gasteiger partial charge < -0.3 is 14.2 Å². The summed E-state index contributed by atoms with van der Waals surface area (Å²) in [5.41, 5.74) is 1.01. The first-order valence-corrected chi connectivity index (χ1v) is 5.90. The van der Waals surface area contributed by atoms with Crippen molar-refractivity contribution in [2.24, 2.45) is 0 Å². The Morgan fingerprint density at radius 3 is 2.60 bits per heavy atom. The highest BCUT2D eigenvalue weighted by molar-refractivity contribution is 5.90. The molecule has 0 bridgehead atoms. The lowest BCUT2D eigenvalue weighted by Crippen LogP contribution is -2.10. The average molecular weight is 274 g/mol. The van der Waals surface area contributed by atoms with Crippen molar-refractivity contribution in [2.75, 3.05) is 14.2 Å². The van der Waals surface area contributed by atoms with Gasteiger partial charge in [0.15, 0.2) is 11.4 Å². The van der Waals surface area contributed by atoms with Gasteiger partial charge in [-0.05, 0) is 5.56 Å². The van der Waals surface area contributed by atoms with E-state index in [1.807, 2.05) is 30.3 Å². The summed E-state index contributed by atoms with van der Waals surface area (Å²) in [6, 6.07) is 9.65. The van der Waals surface area contributed by atoms with Crippen LogP contribution in [0.5, 0.6) is 11.8 Å². The minimum atomic E-state index is -0.603. The number of benzene rings is 1. The van der Waals surface area contributed by atoms with Crippen LogP contribution in [0.15, 0.2) is 36.5 Å². The second kappa shape index (κ2) is 6.51. The van der Waals surface area contributed by atoms with E-state index in [2.05, 4.69) is 14.7 Å². The van der Waals surface area contributed by atoms with Gasteiger partial charge in [-0.3, -0.25) is 0 Å². The highest BCUT2D eigenvalue weighted by atomic mass is 16.5. The average Bonchev–Trinajstić information content (AvgIpc) is 2.53. The van der Waals surface area contributed by atoms with E-state index in [1.54, 1.807) is 0 Å². The first-order valence-electron chi connectivity index (χ1n) is 5.90. The fourth-order valence-electron chi connectivity index (χ4n) is 1.54. The molecule has 0 aliphatic heterocycles. The minimum absolute atomic E-state index is 0.0373. The summed E-state index contributed by atoms with van der Waals surface area (Å²) >= 11 is 0. The molecule has 20 heavy (non-hydrogen) atoms. The molecule has 0 fully saturated rings. The van der Waals surface area contributed by atoms with Crippen molar-refractivity contribution < 1.29 is 19.0 Å². The Morgan fingerprint density at radius 1 is 1.20 bits per heavy atom. The Hall–Kier alpha value is -2.63. The fraction of sp³-hybridized carbons (Fsp3) is 0.214. The summed E-state index contributed by atoms with van der Waals surface area (Å²) in [5, 5.41) is 0. The zero-order valence-corrected chi connectivity index (χ0v) is 11.2. The summed E-state index contributed by atoms with van der Waals surface area (Å²) in [4.78, 5) is 19.5. The minimum Gasteiger partial charge on any atom is -0.485 e. The Labute approximate surface area is 116 Å². The largest absolute Gasteiger partial charge is 0.485 e. The van der Waals surface area contributed by atoms with E-state index in [4.69, 9.17) is 9.47 Å². The molecule has 6 heteroatoms. The van der Waals surface area contributed by atoms with Crippen LogP contribution in [0.25, 0.3) is 0 Å². The van der Waals surface area contributed by atoms with Gasteiger partial charge in [-0.25, -0.2) is 4.79 Å². The molecule has 0 saturated heterocycles. The second-order valence-corrected chi connectivity index (χ2v) is 3.84. The molecule has 0 unspecified atom stereocenters. The first-order chi connectivity index (χ1) is 9.74. The van der Waals surface area contributed by atoms with Crippen LogP contribution in [0, 0.1) is 0 Å². The van der Waals surface area contributed by atoms with Crippen LogP contribution in [-0.2, 0) is 11.3 Å². The van der Waals surface area contributed by atoms with Gasteiger partial charge in [-0.2, -0.15) is 9.97 Å². The number of rotatable bonds is 5. The highest BCUT2D eigenvalue weighted by Gasteiger charge is 2.17. The number of aromatic nitrogens is 2. The molecule has 0 saturated carbocycles. The zero-order valence-electron chi connectivity index (χ0n) is 11.2. The number of carbonyl (C=O) groups is 1. The molecule has 2 aromatic rings. The smallest absolute Gasteiger partial charge is 0.360 e. The molecule has 0 amide bonds. The molecule has 0 spiro atoms. The van der Waals surface area contributed by atoms with Crippen molar-refractivity contribution in [2.45, 2.75) is 6.61 Å². The van der Waals surface area contributed by atoms with Gasteiger partial charge in [0.25, 0.3) is 0 Å². The molecule has 6 nitrogen and oxygen atoms in total. The van der Waals surface area contributed by atoms with Crippen LogP contribution >= 0.6 is 0 Å². The topological polar surface area (TPSA) is 70.5 Å². The second-order valence-electron chi connectivity index (χ2n) is 3.84. The number of nitrogens with zero attached hydrogens (tertiary/aromatic N) is 2. The molecule has 0 aliphatic rings. The normalized spacial score (nSPS) is 9.90. The van der Waals surface area contributed by atoms with Crippen LogP contribution in [0.1, 0.15) is 16.1 Å². The molecule has 0 radical (unpaired) electrons. The zero-order chi connectivity index (χ0) is 14.4. The van der Waals surface area contributed by atoms with E-state index >= 15 is 0 Å². The molecule has 2 rings (SSSR count). The van der Waals surface area contributed by atoms with Crippen LogP contribution in [0.4, 0.5) is 0 Å². The fourth-order valence-corrected chi connectivity index (χ4v) is 1.54. The predicted molar refractivity (Wildman–Crippen MR) is 70.7 cm³/mol. The lowest BCUT2D eigenvalue weighted by atomic mass is 10.2. The van der Waals surface area contributed by atoms with Crippen molar-refractivity contribution in [1.82, 2.24) is 9.97 Å². The lowest BCUT2D eigenvalue weighted by Gasteiger charge is -2.10. The Kier molecular flexibility index (Phi) is 4.49. The Morgan fingerprint density at radius 2 is 1.95 bits per heavy atom. The summed E-state index contributed by atoms with van der Waals surface area (Å²) in [5.74, 6) is -0.352. The van der Waals surface area contributed by atoms with Gasteiger partial charge in [0.05, 0.1) is 20.4 Å². The van der Waals surface area contributed by atoms with Gasteiger partial charge in [0, 0.05) is 0 Å². The summed E-state index contributed by atoms with van der Waals surface area (Å²) in [6.07, 6.45) is 1.39. The maximum atomic E-state index is 11.7. The van der Waals surface area contributed by atoms with E-state index in [1.165, 1.54) is 20.4 Å². The van der Waals surface area contributed by atoms with E-state index in [-0.39, 0.29) is 17.5 Å². The van der Waals surface area contributed by atoms with Gasteiger partial charge in [0.1, 0.15) is 6.61 Å². The van der Waals surface area contributed by atoms with E-state index in [9.17, 15) is 4.79 Å². The number of ether oxygens (including phenoxy) is 3. The Bertz CT molecular complexity index is 587. The molecular formula is C14H14N2O4. The standard InChI is InChI=1S/C14H14N2O4/c1-18-13(17)12-11(8-15-14(16-12)19-2)20-9-10-6-4-3-5-7-10/h3-8H,9H2,1-2H3. The van der Waals surface area contributed by atoms with Crippen molar-refractivity contribution in [3.05, 3.63) is 47.8 Å². The van der Waals surface area contributed by atoms with Gasteiger partial charge >= 0.3 is 12.0 Å². The monoisotopic (exact) mass is 274 g/mol. The van der Waals surface area contributed by atoms with Crippen molar-refractivity contribution in [3.63, 3.8) is 0 Å². The SMILES string of the molecule is COC(=O)c1nc(OC)ncc1OCc1ccccc1. The molecule has 0 aliphatic carbocycles. The van der Waals surface area contributed by atoms with Crippen LogP contribution < -0.4 is 9.47 Å². The van der Waals surface area contributed by atoms with E-state index in [0.29, 0.717) is 6.61 Å². The van der Waals surface area contributed by atoms with E-state index in [0.717, 1.165) is 5.56 Å². The maximum absolute atomic E-state index is 11.7. The molecule has 0 atom stereocenters. The highest BCUT2D eigenvalue weighted by Crippen LogP contribution is 2.19. The van der Waals surface area contributed by atoms with Gasteiger partial charge in [-0.15, -0.1) is 0 Å². The number of methoxy groups -OCH3 is 2. The summed E-state index contributed by atoms with van der Waals surface area (Å²) in [6.45, 7) is 0.306. The number of hydrogen-bond donors (Lipinski definition) is 0. The number of esters is 1. The Balaban J connectivity index is 2.20. The quantitative estimate of drug-likeness (QED) is 0.775. The first kappa shape index (κ1) is 13.8. The van der Waals surface area contributed by atoms with Gasteiger partial charge in [0.2, 0.25) is 0 Å². The molecule has 0 N–H and O–H groups in total. The van der Waals surface area contributed by atoms with Crippen molar-refractivity contribution in [3.8, 4) is 11.8 Å². The number of carbonyl (C=O) groups excluding carboxylic acids is 1. The van der Waals surface area contributed by atoms with E-state index < -0.39 is 5.97 Å². The summed E-state index contributed by atoms with van der Waals surface area (Å²) in [7, 11) is 2.69. The summed E-state index contributed by atoms with van der Waals surface area (Å²) < 4.78 is 15.1. The molecule has 1 aromatic carbocycles. The van der Waals surface area contributed by atoms with Crippen LogP contribution in [0.2, 0.25) is 0 Å². The van der Waals surface area contributed by atoms with Crippen molar-refractivity contribution >= 4 is 5.97 Å². The molecule has 1 aromatic heterocycles. The van der Waals surface area contributed by atoms with Crippen LogP contribution in [-0.4, -0.2) is 30.2 Å². The third-order valence-electron chi connectivity index (χ3n) is 2.53. The maximum Gasteiger partial charge on any atom is 0.360 e. The third kappa shape index (κ3) is 3.23. The third-order valence-corrected chi connectivity index (χ3v) is 2.53. The van der Waals surface area contributed by atoms with Gasteiger partial charge in [-0.1, -0.05) is 30.3 Å². The lowest BCUT2D eigenvalue weighted by molar-refractivity contribution is 0.0586. The van der Waals surface area contributed by atoms with Crippen molar-refractivity contribution in [1.29, 1.82) is 0 Å². The predicted octanol–water partition coefficient (Wildman–Crippen LogP) is 1.85. The number of hydrogen-bond acceptors (Lipinski definition) is 6. The molecular weight excluding hydrogens is 260 g/mol. The molecule has 104 valence electrons.